The number of amides is 2. The van der Waals surface area contributed by atoms with E-state index in [4.69, 9.17) is 0 Å². The van der Waals surface area contributed by atoms with Gasteiger partial charge < -0.3 is 10.6 Å². The van der Waals surface area contributed by atoms with Gasteiger partial charge in [0, 0.05) is 30.9 Å². The number of carbonyl (C=O) groups excluding carboxylic acids is 2. The lowest BCUT2D eigenvalue weighted by Crippen LogP contribution is -2.50. The fourth-order valence-electron chi connectivity index (χ4n) is 2.96. The molecule has 1 aromatic heterocycles. The molecule has 2 N–H and O–H groups in total. The maximum Gasteiger partial charge on any atom is 0.228 e. The van der Waals surface area contributed by atoms with E-state index in [2.05, 4.69) is 22.5 Å². The highest BCUT2D eigenvalue weighted by atomic mass is 35.5. The van der Waals surface area contributed by atoms with Gasteiger partial charge in [-0.25, -0.2) is 4.98 Å². The normalized spacial score (nSPS) is 23.4. The Bertz CT molecular complexity index is 569. The van der Waals surface area contributed by atoms with Gasteiger partial charge in [0.15, 0.2) is 5.13 Å². The minimum absolute atomic E-state index is 0. The van der Waals surface area contributed by atoms with Crippen LogP contribution in [0.3, 0.4) is 0 Å². The van der Waals surface area contributed by atoms with Gasteiger partial charge in [0.25, 0.3) is 0 Å². The Morgan fingerprint density at radius 3 is 2.96 bits per heavy atom. The van der Waals surface area contributed by atoms with E-state index in [1.165, 1.54) is 11.3 Å². The van der Waals surface area contributed by atoms with Crippen LogP contribution in [0.5, 0.6) is 0 Å². The molecule has 0 spiro atoms. The number of carbonyl (C=O) groups is 2. The first kappa shape index (κ1) is 21.2. The monoisotopic (exact) mass is 394 g/mol. The van der Waals surface area contributed by atoms with Crippen LogP contribution < -0.4 is 15.5 Å². The molecule has 3 heterocycles. The second kappa shape index (κ2) is 9.56. The summed E-state index contributed by atoms with van der Waals surface area (Å²) in [7, 11) is 0. The van der Waals surface area contributed by atoms with Gasteiger partial charge in [-0.2, -0.15) is 0 Å². The molecule has 0 bridgehead atoms. The number of aromatic nitrogens is 1. The molecule has 0 aromatic carbocycles. The number of anilines is 1. The molecule has 3 rings (SSSR count). The van der Waals surface area contributed by atoms with Gasteiger partial charge in [-0.3, -0.25) is 14.5 Å². The molecule has 136 valence electrons. The minimum atomic E-state index is 0. The molecule has 2 unspecified atom stereocenters. The molecule has 24 heavy (non-hydrogen) atoms. The number of hydrogen-bond donors (Lipinski definition) is 2. The Morgan fingerprint density at radius 2 is 2.29 bits per heavy atom. The summed E-state index contributed by atoms with van der Waals surface area (Å²) in [6.07, 6.45) is 2.85. The molecule has 2 atom stereocenters. The fourth-order valence-corrected chi connectivity index (χ4v) is 3.82. The summed E-state index contributed by atoms with van der Waals surface area (Å²) in [5.74, 6) is 0.635. The van der Waals surface area contributed by atoms with Crippen LogP contribution in [0, 0.1) is 5.92 Å². The van der Waals surface area contributed by atoms with Crippen molar-refractivity contribution in [3.8, 4) is 0 Å². The van der Waals surface area contributed by atoms with E-state index >= 15 is 0 Å². The Kier molecular flexibility index (Phi) is 8.42. The molecule has 0 radical (unpaired) electrons. The van der Waals surface area contributed by atoms with E-state index in [1.807, 2.05) is 5.38 Å². The first-order valence-corrected chi connectivity index (χ1v) is 8.76. The molecule has 1 aromatic rings. The van der Waals surface area contributed by atoms with Crippen molar-refractivity contribution < 1.29 is 9.59 Å². The molecule has 0 saturated carbocycles. The van der Waals surface area contributed by atoms with E-state index in [9.17, 15) is 9.59 Å². The average Bonchev–Trinajstić information content (AvgIpc) is 3.10. The zero-order valence-electron chi connectivity index (χ0n) is 13.6. The van der Waals surface area contributed by atoms with Gasteiger partial charge in [0.05, 0.1) is 12.1 Å². The Labute approximate surface area is 158 Å². The molecule has 2 saturated heterocycles. The van der Waals surface area contributed by atoms with Gasteiger partial charge in [-0.1, -0.05) is 6.92 Å². The van der Waals surface area contributed by atoms with Crippen LogP contribution in [0.4, 0.5) is 5.13 Å². The number of nitrogens with one attached hydrogen (secondary N) is 2. The quantitative estimate of drug-likeness (QED) is 0.815. The minimum Gasteiger partial charge on any atom is -0.351 e. The summed E-state index contributed by atoms with van der Waals surface area (Å²) >= 11 is 1.44. The summed E-state index contributed by atoms with van der Waals surface area (Å²) in [6, 6.07) is 0.194. The van der Waals surface area contributed by atoms with E-state index in [0.29, 0.717) is 12.3 Å². The van der Waals surface area contributed by atoms with Gasteiger partial charge in [0.2, 0.25) is 11.8 Å². The van der Waals surface area contributed by atoms with Crippen LogP contribution in [0.2, 0.25) is 0 Å². The van der Waals surface area contributed by atoms with Crippen molar-refractivity contribution in [2.24, 2.45) is 5.92 Å². The Morgan fingerprint density at radius 1 is 1.50 bits per heavy atom. The Hall–Kier alpha value is -0.890. The molecule has 2 aliphatic heterocycles. The highest BCUT2D eigenvalue weighted by Crippen LogP contribution is 2.25. The van der Waals surface area contributed by atoms with Gasteiger partial charge in [0.1, 0.15) is 0 Å². The molecule has 0 aliphatic carbocycles. The van der Waals surface area contributed by atoms with E-state index in [1.54, 1.807) is 4.90 Å². The van der Waals surface area contributed by atoms with Crippen LogP contribution in [-0.4, -0.2) is 42.5 Å². The molecule has 2 fully saturated rings. The average molecular weight is 395 g/mol. The topological polar surface area (TPSA) is 74.3 Å². The van der Waals surface area contributed by atoms with E-state index < -0.39 is 0 Å². The van der Waals surface area contributed by atoms with Crippen molar-refractivity contribution in [3.05, 3.63) is 11.1 Å². The first-order chi connectivity index (χ1) is 10.6. The smallest absolute Gasteiger partial charge is 0.228 e. The van der Waals surface area contributed by atoms with Gasteiger partial charge in [-0.15, -0.1) is 36.2 Å². The molecular formula is C15H24Cl2N4O2S. The van der Waals surface area contributed by atoms with Crippen LogP contribution in [-0.2, 0) is 16.0 Å². The number of piperidine rings is 1. The molecular weight excluding hydrogens is 371 g/mol. The Balaban J connectivity index is 0.00000144. The predicted molar refractivity (Wildman–Crippen MR) is 100 cm³/mol. The standard InChI is InChI=1S/C15H22N4O2S.2ClH/c1-10-4-5-16-8-12(10)18-13(20)7-11-9-22-15(17-11)19-6-2-3-14(19)21;;/h9-10,12,16H,2-8H2,1H3,(H,18,20);2*1H. The lowest BCUT2D eigenvalue weighted by molar-refractivity contribution is -0.121. The largest absolute Gasteiger partial charge is 0.351 e. The zero-order chi connectivity index (χ0) is 15.5. The second-order valence-corrected chi connectivity index (χ2v) is 6.93. The zero-order valence-corrected chi connectivity index (χ0v) is 16.1. The summed E-state index contributed by atoms with van der Waals surface area (Å²) in [5.41, 5.74) is 0.744. The SMILES string of the molecule is CC1CCNCC1NC(=O)Cc1csc(N2CCCC2=O)n1.Cl.Cl. The van der Waals surface area contributed by atoms with Crippen LogP contribution in [0.25, 0.3) is 0 Å². The van der Waals surface area contributed by atoms with Crippen LogP contribution in [0.1, 0.15) is 31.9 Å². The lowest BCUT2D eigenvalue weighted by atomic mass is 9.95. The summed E-state index contributed by atoms with van der Waals surface area (Å²) in [6.45, 7) is 4.76. The van der Waals surface area contributed by atoms with Gasteiger partial charge in [-0.05, 0) is 25.3 Å². The molecule has 2 amide bonds. The van der Waals surface area contributed by atoms with Crippen molar-refractivity contribution >= 4 is 53.1 Å². The highest BCUT2D eigenvalue weighted by molar-refractivity contribution is 7.14. The van der Waals surface area contributed by atoms with Crippen molar-refractivity contribution in [1.29, 1.82) is 0 Å². The summed E-state index contributed by atoms with van der Waals surface area (Å²) < 4.78 is 0. The first-order valence-electron chi connectivity index (χ1n) is 7.88. The van der Waals surface area contributed by atoms with Crippen LogP contribution >= 0.6 is 36.2 Å². The third kappa shape index (κ3) is 5.05. The maximum absolute atomic E-state index is 12.2. The van der Waals surface area contributed by atoms with Crippen molar-refractivity contribution in [1.82, 2.24) is 15.6 Å². The number of nitrogens with zero attached hydrogens (tertiary/aromatic N) is 2. The van der Waals surface area contributed by atoms with Crippen molar-refractivity contribution in [2.45, 2.75) is 38.6 Å². The molecule has 2 aliphatic rings. The van der Waals surface area contributed by atoms with Crippen LogP contribution in [0.15, 0.2) is 5.38 Å². The third-order valence-electron chi connectivity index (χ3n) is 4.36. The lowest BCUT2D eigenvalue weighted by Gasteiger charge is -2.30. The number of thiazole rings is 1. The predicted octanol–water partition coefficient (Wildman–Crippen LogP) is 1.77. The molecule has 6 nitrogen and oxygen atoms in total. The highest BCUT2D eigenvalue weighted by Gasteiger charge is 2.25. The van der Waals surface area contributed by atoms with Gasteiger partial charge >= 0.3 is 0 Å². The second-order valence-electron chi connectivity index (χ2n) is 6.09. The third-order valence-corrected chi connectivity index (χ3v) is 5.27. The van der Waals surface area contributed by atoms with E-state index in [-0.39, 0.29) is 49.1 Å². The summed E-state index contributed by atoms with van der Waals surface area (Å²) in [5, 5.41) is 8.99. The summed E-state index contributed by atoms with van der Waals surface area (Å²) in [4.78, 5) is 30.0. The molecule has 9 heteroatoms. The maximum atomic E-state index is 12.2. The van der Waals surface area contributed by atoms with E-state index in [0.717, 1.165) is 43.3 Å². The fraction of sp³-hybridized carbons (Fsp3) is 0.667. The van der Waals surface area contributed by atoms with Crippen molar-refractivity contribution in [2.75, 3.05) is 24.5 Å². The number of hydrogen-bond acceptors (Lipinski definition) is 5. The van der Waals surface area contributed by atoms with Crippen molar-refractivity contribution in [3.63, 3.8) is 0 Å². The number of rotatable bonds is 4. The number of halogens is 2.